The van der Waals surface area contributed by atoms with E-state index < -0.39 is 5.97 Å². The van der Waals surface area contributed by atoms with E-state index in [0.717, 1.165) is 0 Å². The quantitative estimate of drug-likeness (QED) is 0.459. The van der Waals surface area contributed by atoms with Gasteiger partial charge in [0.15, 0.2) is 6.79 Å². The summed E-state index contributed by atoms with van der Waals surface area (Å²) in [4.78, 5) is 11.2. The van der Waals surface area contributed by atoms with Crippen LogP contribution in [-0.4, -0.2) is 12.8 Å². The summed E-state index contributed by atoms with van der Waals surface area (Å²) in [7, 11) is 6.18. The third kappa shape index (κ3) is 5.83. The molecule has 0 amide bonds. The van der Waals surface area contributed by atoms with Gasteiger partial charge in [0.1, 0.15) is 5.75 Å². The summed E-state index contributed by atoms with van der Waals surface area (Å²) in [5.74, 6) is -0.172. The number of carbonyl (C=O) groups is 1. The van der Waals surface area contributed by atoms with Crippen molar-refractivity contribution in [1.82, 2.24) is 0 Å². The maximum Gasteiger partial charge on any atom is 0.310 e. The Morgan fingerprint density at radius 3 is 2.38 bits per heavy atom. The molecular weight excluding hydrogens is 362 g/mol. The average molecular weight is 372 g/mol. The monoisotopic (exact) mass is 372 g/mol. The summed E-state index contributed by atoms with van der Waals surface area (Å²) in [5.41, 5.74) is 0.305. The summed E-state index contributed by atoms with van der Waals surface area (Å²) in [5, 5.41) is 0. The fourth-order valence-electron chi connectivity index (χ4n) is 0.944. The first-order valence-corrected chi connectivity index (χ1v) is 3.84. The normalized spacial score (nSPS) is 8.38. The molecule has 0 aliphatic heterocycles. The topological polar surface area (TPSA) is 44.8 Å². The van der Waals surface area contributed by atoms with Gasteiger partial charge in [-0.15, -0.1) is 0 Å². The molecule has 0 atom stereocenters. The summed E-state index contributed by atoms with van der Waals surface area (Å²) in [6.07, 6.45) is 0. The molecule has 0 unspecified atom stereocenters. The van der Waals surface area contributed by atoms with Crippen LogP contribution in [0.1, 0.15) is 10.4 Å². The first-order chi connectivity index (χ1) is 6.79. The minimum Gasteiger partial charge on any atom is -0.636 e. The number of benzene rings is 1. The van der Waals surface area contributed by atoms with Crippen LogP contribution in [-0.2, 0) is 74.9 Å². The smallest absolute Gasteiger partial charge is 0.310 e. The van der Waals surface area contributed by atoms with Crippen LogP contribution in [0.25, 0.3) is 0 Å². The van der Waals surface area contributed by atoms with Crippen LogP contribution in [0.5, 0.6) is 5.75 Å². The number of ether oxygens (including phenoxy) is 3. The third-order valence-electron chi connectivity index (χ3n) is 1.54. The second kappa shape index (κ2) is 10.8. The van der Waals surface area contributed by atoms with Gasteiger partial charge in [-0.25, -0.2) is 11.9 Å². The van der Waals surface area contributed by atoms with Gasteiger partial charge in [0.2, 0.25) is 0 Å². The first-order valence-electron chi connectivity index (χ1n) is 3.84. The minimum atomic E-state index is -0.551. The Balaban J connectivity index is 0. The predicted molar refractivity (Wildman–Crippen MR) is 49.2 cm³/mol. The van der Waals surface area contributed by atoms with Crippen molar-refractivity contribution in [3.05, 3.63) is 44.0 Å². The van der Waals surface area contributed by atoms with E-state index >= 15 is 0 Å². The van der Waals surface area contributed by atoms with Crippen molar-refractivity contribution in [3.8, 4) is 5.75 Å². The molecule has 0 spiro atoms. The Labute approximate surface area is 145 Å². The molecule has 1 rings (SSSR count). The summed E-state index contributed by atoms with van der Waals surface area (Å²) >= 11 is 0. The second-order valence-corrected chi connectivity index (χ2v) is 2.39. The number of hydrogen-bond acceptors (Lipinski definition) is 4. The van der Waals surface area contributed by atoms with Crippen molar-refractivity contribution in [2.75, 3.05) is 6.79 Å². The van der Waals surface area contributed by atoms with E-state index in [1.807, 2.05) is 0 Å². The van der Waals surface area contributed by atoms with Gasteiger partial charge in [-0.1, -0.05) is 12.1 Å². The van der Waals surface area contributed by atoms with E-state index in [4.69, 9.17) is 4.74 Å². The Morgan fingerprint density at radius 2 is 1.81 bits per heavy atom. The van der Waals surface area contributed by atoms with E-state index in [9.17, 15) is 4.79 Å². The molecule has 0 saturated heterocycles. The molecule has 0 heterocycles. The van der Waals surface area contributed by atoms with Crippen LogP contribution in [0.4, 0.5) is 0 Å². The molecule has 16 heavy (non-hydrogen) atoms. The van der Waals surface area contributed by atoms with Gasteiger partial charge >= 0.3 is 5.97 Å². The minimum absolute atomic E-state index is 0. The van der Waals surface area contributed by atoms with Crippen molar-refractivity contribution in [2.45, 2.75) is 0 Å². The average Bonchev–Trinajstić information content (AvgIpc) is 2.25. The van der Waals surface area contributed by atoms with Crippen molar-refractivity contribution < 1.29 is 84.4 Å². The van der Waals surface area contributed by atoms with Crippen LogP contribution >= 0.6 is 0 Å². The molecule has 0 aliphatic rings. The van der Waals surface area contributed by atoms with Crippen molar-refractivity contribution >= 4 is 5.97 Å². The molecule has 0 bridgehead atoms. The molecule has 4 nitrogen and oxygen atoms in total. The number of carbonyl (C=O) groups excluding carboxylic acids is 1. The Bertz CT molecular complexity index is 317. The van der Waals surface area contributed by atoms with Gasteiger partial charge in [-0.3, -0.25) is 0 Å². The van der Waals surface area contributed by atoms with Crippen LogP contribution in [0.2, 0.25) is 0 Å². The zero-order valence-corrected chi connectivity index (χ0v) is 14.4. The maximum absolute atomic E-state index is 11.2. The molecule has 2 radical (unpaired) electrons. The maximum atomic E-state index is 11.2. The molecule has 0 saturated carbocycles. The van der Waals surface area contributed by atoms with Gasteiger partial charge in [-0.05, 0) is 12.1 Å². The predicted octanol–water partition coefficient (Wildman–Crippen LogP) is 1.77. The van der Waals surface area contributed by atoms with E-state index in [0.29, 0.717) is 11.3 Å². The fraction of sp³-hybridized carbons (Fsp3) is 0.100. The molecule has 0 aromatic heterocycles. The third-order valence-corrected chi connectivity index (χ3v) is 1.54. The van der Waals surface area contributed by atoms with Gasteiger partial charge in [0.05, 0.1) is 5.56 Å². The molecule has 1 aromatic carbocycles. The molecule has 0 fully saturated rings. The summed E-state index contributed by atoms with van der Waals surface area (Å²) in [6, 6.07) is 6.64. The van der Waals surface area contributed by atoms with Crippen molar-refractivity contribution in [1.29, 1.82) is 0 Å². The van der Waals surface area contributed by atoms with Crippen LogP contribution in [0.3, 0.4) is 0 Å². The summed E-state index contributed by atoms with van der Waals surface area (Å²) in [6.45, 7) is -0.0264. The van der Waals surface area contributed by atoms with E-state index in [2.05, 4.69) is 23.7 Å². The SMILES string of the molecule is [CH2-]OCOc1ccccc1C(=O)O[CH2-].[Y].[Y]. The first kappa shape index (κ1) is 19.0. The molecular formula is C10H10O4Y2-2. The molecule has 0 aliphatic carbocycles. The van der Waals surface area contributed by atoms with Gasteiger partial charge < -0.3 is 14.2 Å². The number of para-hydroxylation sites is 1. The van der Waals surface area contributed by atoms with E-state index in [-0.39, 0.29) is 72.2 Å². The Morgan fingerprint density at radius 1 is 1.19 bits per heavy atom. The Kier molecular flexibility index (Phi) is 12.8. The number of hydrogen-bond donors (Lipinski definition) is 0. The van der Waals surface area contributed by atoms with Crippen molar-refractivity contribution in [2.24, 2.45) is 0 Å². The molecule has 1 aromatic rings. The van der Waals surface area contributed by atoms with E-state index in [1.165, 1.54) is 0 Å². The molecule has 0 N–H and O–H groups in total. The zero-order chi connectivity index (χ0) is 10.4. The standard InChI is InChI=1S/C10H10O4.2Y/c1-12-7-14-9-6-4-3-5-8(9)10(11)13-2;;/h3-6H,1-2,7H2;;/q-2;;. The molecule has 6 heteroatoms. The Hall–Kier alpha value is 0.658. The zero-order valence-electron chi connectivity index (χ0n) is 8.72. The summed E-state index contributed by atoms with van der Waals surface area (Å²) < 4.78 is 13.9. The number of rotatable bonds is 4. The van der Waals surface area contributed by atoms with Crippen LogP contribution < -0.4 is 4.74 Å². The van der Waals surface area contributed by atoms with Crippen LogP contribution in [0, 0.1) is 14.2 Å². The molecule has 82 valence electrons. The van der Waals surface area contributed by atoms with Gasteiger partial charge in [0, 0.05) is 65.4 Å². The van der Waals surface area contributed by atoms with E-state index in [1.54, 1.807) is 24.3 Å². The fourth-order valence-corrected chi connectivity index (χ4v) is 0.944. The number of esters is 1. The van der Waals surface area contributed by atoms with Gasteiger partial charge in [0.25, 0.3) is 0 Å². The van der Waals surface area contributed by atoms with Crippen molar-refractivity contribution in [3.63, 3.8) is 0 Å². The van der Waals surface area contributed by atoms with Gasteiger partial charge in [-0.2, -0.15) is 7.11 Å². The largest absolute Gasteiger partial charge is 0.636 e. The van der Waals surface area contributed by atoms with Crippen LogP contribution in [0.15, 0.2) is 24.3 Å². The second-order valence-electron chi connectivity index (χ2n) is 2.39.